The summed E-state index contributed by atoms with van der Waals surface area (Å²) >= 11 is 5.94. The largest absolute Gasteiger partial charge is 0.417 e. The van der Waals surface area contributed by atoms with Crippen LogP contribution in [0.4, 0.5) is 10.5 Å². The normalized spacial score (nSPS) is 12.2. The molecule has 1 rings (SSSR count). The lowest BCUT2D eigenvalue weighted by molar-refractivity contribution is 0.0733. The molecule has 4 N–H and O–H groups in total. The summed E-state index contributed by atoms with van der Waals surface area (Å²) in [4.78, 5) is 28.7. The van der Waals surface area contributed by atoms with E-state index in [1.54, 1.807) is 6.07 Å². The number of hydrogen-bond acceptors (Lipinski definition) is 6. The summed E-state index contributed by atoms with van der Waals surface area (Å²) in [5.74, 6) is -0.602. The molecule has 8 nitrogen and oxygen atoms in total. The second-order valence-electron chi connectivity index (χ2n) is 8.70. The summed E-state index contributed by atoms with van der Waals surface area (Å²) in [5, 5.41) is 4.29. The highest BCUT2D eigenvalue weighted by molar-refractivity contribution is 6.74. The molecule has 3 amide bonds. The van der Waals surface area contributed by atoms with Gasteiger partial charge in [-0.15, -0.1) is 0 Å². The molecular weight excluding hydrogens is 410 g/mol. The lowest BCUT2D eigenvalue weighted by atomic mass is 10.2. The van der Waals surface area contributed by atoms with Gasteiger partial charge in [0.05, 0.1) is 11.3 Å². The van der Waals surface area contributed by atoms with E-state index in [4.69, 9.17) is 21.8 Å². The first kappa shape index (κ1) is 25.4. The molecule has 0 fully saturated rings. The molecule has 0 saturated heterocycles. The molecular formula is C19H34ClN5O3Si. The summed E-state index contributed by atoms with van der Waals surface area (Å²) in [6.07, 6.45) is 1.95. The molecule has 1 aromatic rings. The summed E-state index contributed by atoms with van der Waals surface area (Å²) in [6.45, 7) is 15.6. The Kier molecular flexibility index (Phi) is 9.07. The number of primary amides is 1. The fourth-order valence-corrected chi connectivity index (χ4v) is 3.45. The van der Waals surface area contributed by atoms with E-state index in [1.165, 1.54) is 6.20 Å². The monoisotopic (exact) mass is 443 g/mol. The van der Waals surface area contributed by atoms with Gasteiger partial charge in [0.25, 0.3) is 5.91 Å². The van der Waals surface area contributed by atoms with Crippen LogP contribution < -0.4 is 16.5 Å². The Morgan fingerprint density at radius 3 is 2.48 bits per heavy atom. The Balaban J connectivity index is 2.77. The number of nitrogens with two attached hydrogens (primary N) is 1. The Morgan fingerprint density at radius 1 is 1.34 bits per heavy atom. The predicted octanol–water partition coefficient (Wildman–Crippen LogP) is 3.99. The molecule has 0 unspecified atom stereocenters. The highest BCUT2D eigenvalue weighted by atomic mass is 35.5. The standard InChI is InChI=1S/C19H34ClN5O3Si/c1-13(2)24-15-11-16(20)22-12-14(15)17(26)25(18(21)27)23-9-8-10-28-29(6,7)19(3,4)5/h11-13,23H,8-10H2,1-7H3,(H2,21,27)(H,22,24). The first-order valence-electron chi connectivity index (χ1n) is 9.69. The molecule has 0 saturated carbocycles. The third-order valence-electron chi connectivity index (χ3n) is 4.83. The number of aromatic nitrogens is 1. The highest BCUT2D eigenvalue weighted by Crippen LogP contribution is 2.36. The summed E-state index contributed by atoms with van der Waals surface area (Å²) in [6, 6.07) is 0.703. The van der Waals surface area contributed by atoms with E-state index in [0.717, 1.165) is 5.01 Å². The Morgan fingerprint density at radius 2 is 1.97 bits per heavy atom. The van der Waals surface area contributed by atoms with Crippen LogP contribution in [0.25, 0.3) is 0 Å². The van der Waals surface area contributed by atoms with Gasteiger partial charge >= 0.3 is 6.03 Å². The summed E-state index contributed by atoms with van der Waals surface area (Å²) in [7, 11) is -1.84. The zero-order valence-corrected chi connectivity index (χ0v) is 20.2. The van der Waals surface area contributed by atoms with Gasteiger partial charge in [-0.3, -0.25) is 4.79 Å². The minimum Gasteiger partial charge on any atom is -0.417 e. The number of carbonyl (C=O) groups excluding carboxylic acids is 2. The van der Waals surface area contributed by atoms with Crippen LogP contribution in [0.2, 0.25) is 23.3 Å². The molecule has 1 aromatic heterocycles. The van der Waals surface area contributed by atoms with E-state index in [-0.39, 0.29) is 21.8 Å². The third kappa shape index (κ3) is 7.58. The number of halogens is 1. The Bertz CT molecular complexity index is 722. The molecule has 0 spiro atoms. The molecule has 0 atom stereocenters. The fourth-order valence-electron chi connectivity index (χ4n) is 2.21. The van der Waals surface area contributed by atoms with Gasteiger partial charge in [-0.25, -0.2) is 15.2 Å². The molecule has 0 aliphatic rings. The summed E-state index contributed by atoms with van der Waals surface area (Å²) < 4.78 is 6.10. The van der Waals surface area contributed by atoms with Gasteiger partial charge in [0, 0.05) is 25.4 Å². The van der Waals surface area contributed by atoms with Gasteiger partial charge in [0.1, 0.15) is 5.15 Å². The third-order valence-corrected chi connectivity index (χ3v) is 9.57. The van der Waals surface area contributed by atoms with E-state index >= 15 is 0 Å². The van der Waals surface area contributed by atoms with Gasteiger partial charge < -0.3 is 15.5 Å². The molecule has 0 aliphatic carbocycles. The van der Waals surface area contributed by atoms with Crippen LogP contribution in [0.1, 0.15) is 51.4 Å². The Labute approximate surface area is 179 Å². The number of nitrogens with zero attached hydrogens (tertiary/aromatic N) is 2. The lowest BCUT2D eigenvalue weighted by Crippen LogP contribution is -2.50. The molecule has 0 aliphatic heterocycles. The maximum atomic E-state index is 12.9. The number of urea groups is 1. The fraction of sp³-hybridized carbons (Fsp3) is 0.632. The molecule has 29 heavy (non-hydrogen) atoms. The second-order valence-corrected chi connectivity index (χ2v) is 13.9. The molecule has 0 aromatic carbocycles. The van der Waals surface area contributed by atoms with Crippen LogP contribution in [0.3, 0.4) is 0 Å². The number of amides is 3. The number of hydrazine groups is 1. The van der Waals surface area contributed by atoms with Crippen molar-refractivity contribution in [2.24, 2.45) is 5.73 Å². The van der Waals surface area contributed by atoms with Crippen molar-refractivity contribution in [3.8, 4) is 0 Å². The molecule has 0 bridgehead atoms. The Hall–Kier alpha value is -1.68. The van der Waals surface area contributed by atoms with Crippen molar-refractivity contribution < 1.29 is 14.0 Å². The van der Waals surface area contributed by atoms with E-state index in [2.05, 4.69) is 49.6 Å². The number of carbonyl (C=O) groups is 2. The van der Waals surface area contributed by atoms with E-state index in [1.807, 2.05) is 13.8 Å². The van der Waals surface area contributed by atoms with Crippen LogP contribution >= 0.6 is 11.6 Å². The topological polar surface area (TPSA) is 110 Å². The molecule has 0 radical (unpaired) electrons. The number of pyridine rings is 1. The van der Waals surface area contributed by atoms with Crippen molar-refractivity contribution in [1.82, 2.24) is 15.4 Å². The molecule has 10 heteroatoms. The van der Waals surface area contributed by atoms with Crippen molar-refractivity contribution in [3.05, 3.63) is 23.0 Å². The van der Waals surface area contributed by atoms with Crippen LogP contribution in [0.5, 0.6) is 0 Å². The highest BCUT2D eigenvalue weighted by Gasteiger charge is 2.36. The van der Waals surface area contributed by atoms with Crippen molar-refractivity contribution >= 4 is 37.5 Å². The van der Waals surface area contributed by atoms with E-state index < -0.39 is 20.3 Å². The first-order valence-corrected chi connectivity index (χ1v) is 13.0. The zero-order valence-electron chi connectivity index (χ0n) is 18.4. The van der Waals surface area contributed by atoms with Crippen LogP contribution in [-0.2, 0) is 4.43 Å². The van der Waals surface area contributed by atoms with Crippen molar-refractivity contribution in [2.75, 3.05) is 18.5 Å². The average molecular weight is 444 g/mol. The second kappa shape index (κ2) is 10.4. The van der Waals surface area contributed by atoms with Gasteiger partial charge in [-0.05, 0) is 44.5 Å². The van der Waals surface area contributed by atoms with Crippen LogP contribution in [0.15, 0.2) is 12.3 Å². The van der Waals surface area contributed by atoms with Crippen molar-refractivity contribution in [1.29, 1.82) is 0 Å². The number of imide groups is 1. The van der Waals surface area contributed by atoms with Crippen molar-refractivity contribution in [2.45, 2.75) is 65.2 Å². The van der Waals surface area contributed by atoms with E-state index in [0.29, 0.717) is 25.3 Å². The first-order chi connectivity index (χ1) is 13.3. The zero-order chi connectivity index (χ0) is 22.4. The van der Waals surface area contributed by atoms with Crippen molar-refractivity contribution in [3.63, 3.8) is 0 Å². The lowest BCUT2D eigenvalue weighted by Gasteiger charge is -2.36. The number of rotatable bonds is 9. The molecule has 164 valence electrons. The summed E-state index contributed by atoms with van der Waals surface area (Å²) in [5.41, 5.74) is 8.89. The van der Waals surface area contributed by atoms with Gasteiger partial charge in [0.15, 0.2) is 8.32 Å². The quantitative estimate of drug-likeness (QED) is 0.230. The number of nitrogens with one attached hydrogen (secondary N) is 2. The van der Waals surface area contributed by atoms with Gasteiger partial charge in [-0.1, -0.05) is 32.4 Å². The van der Waals surface area contributed by atoms with Crippen LogP contribution in [-0.4, -0.2) is 49.4 Å². The minimum absolute atomic E-state index is 0.0579. The maximum absolute atomic E-state index is 12.9. The van der Waals surface area contributed by atoms with Crippen LogP contribution in [0, 0.1) is 0 Å². The average Bonchev–Trinajstić information content (AvgIpc) is 2.55. The minimum atomic E-state index is -1.84. The van der Waals surface area contributed by atoms with E-state index in [9.17, 15) is 9.59 Å². The number of anilines is 1. The SMILES string of the molecule is CC(C)Nc1cc(Cl)ncc1C(=O)N(NCCCO[Si](C)(C)C(C)(C)C)C(N)=O. The van der Waals surface area contributed by atoms with Gasteiger partial charge in [-0.2, -0.15) is 5.01 Å². The number of hydrogen-bond donors (Lipinski definition) is 3. The maximum Gasteiger partial charge on any atom is 0.336 e. The smallest absolute Gasteiger partial charge is 0.336 e. The molecule has 1 heterocycles. The van der Waals surface area contributed by atoms with Gasteiger partial charge in [0.2, 0.25) is 0 Å². The predicted molar refractivity (Wildman–Crippen MR) is 120 cm³/mol.